The molecule has 0 bridgehead atoms. The highest BCUT2D eigenvalue weighted by atomic mass is 32.2. The van der Waals surface area contributed by atoms with Crippen molar-refractivity contribution < 1.29 is 13.2 Å². The molecule has 1 saturated heterocycles. The number of aromatic nitrogens is 3. The molecule has 1 fully saturated rings. The third-order valence-electron chi connectivity index (χ3n) is 5.33. The minimum Gasteiger partial charge on any atom is -0.379 e. The molecule has 5 rings (SSSR count). The lowest BCUT2D eigenvalue weighted by molar-refractivity contribution is 0.0342. The van der Waals surface area contributed by atoms with Crippen molar-refractivity contribution in [3.63, 3.8) is 0 Å². The van der Waals surface area contributed by atoms with Crippen molar-refractivity contribution in [1.29, 1.82) is 0 Å². The lowest BCUT2D eigenvalue weighted by Crippen LogP contribution is -2.35. The van der Waals surface area contributed by atoms with Gasteiger partial charge in [-0.1, -0.05) is 6.07 Å². The molecule has 0 amide bonds. The summed E-state index contributed by atoms with van der Waals surface area (Å²) in [5.74, 6) is 0.390. The quantitative estimate of drug-likeness (QED) is 0.594. The van der Waals surface area contributed by atoms with Gasteiger partial charge >= 0.3 is 0 Å². The first-order valence-corrected chi connectivity index (χ1v) is 12.4. The smallest absolute Gasteiger partial charge is 0.238 e. The molecule has 1 aromatic carbocycles. The molecule has 3 aromatic rings. The number of ether oxygens (including phenoxy) is 1. The Balaban J connectivity index is 1.41. The number of nitrogens with two attached hydrogens (primary N) is 1. The normalized spacial score (nSPS) is 16.5. The van der Waals surface area contributed by atoms with Crippen LogP contribution in [0.3, 0.4) is 0 Å². The molecule has 0 unspecified atom stereocenters. The summed E-state index contributed by atoms with van der Waals surface area (Å²) in [6.45, 7) is 4.21. The zero-order valence-corrected chi connectivity index (χ0v) is 18.4. The van der Waals surface area contributed by atoms with Gasteiger partial charge in [0.15, 0.2) is 0 Å². The lowest BCUT2D eigenvalue weighted by Gasteiger charge is -2.25. The lowest BCUT2D eigenvalue weighted by atomic mass is 10.00. The summed E-state index contributed by atoms with van der Waals surface area (Å²) in [6.07, 6.45) is 3.64. The van der Waals surface area contributed by atoms with Crippen LogP contribution in [0.15, 0.2) is 35.4 Å². The molecule has 11 heteroatoms. The highest BCUT2D eigenvalue weighted by Gasteiger charge is 2.24. The molecular weight excluding hydrogens is 436 g/mol. The van der Waals surface area contributed by atoms with E-state index in [0.29, 0.717) is 11.6 Å². The van der Waals surface area contributed by atoms with Crippen LogP contribution in [0.2, 0.25) is 0 Å². The standard InChI is InChI=1S/C20H22N6O3S2/c21-31(27,28)15-3-1-2-14(10-15)23-20-22-11-13-4-5-16-19(18(13)25-20)24-17(30-16)12-26-6-8-29-9-7-26/h1-3,10-11H,4-9,12H2,(H2,21,27,28)(H,22,23,25). The molecule has 0 atom stereocenters. The van der Waals surface area contributed by atoms with Gasteiger partial charge in [0.2, 0.25) is 16.0 Å². The van der Waals surface area contributed by atoms with Crippen molar-refractivity contribution in [2.45, 2.75) is 24.3 Å². The monoisotopic (exact) mass is 458 g/mol. The van der Waals surface area contributed by atoms with Gasteiger partial charge in [0.1, 0.15) is 10.7 Å². The van der Waals surface area contributed by atoms with Gasteiger partial charge in [0.05, 0.1) is 30.3 Å². The number of hydrogen-bond acceptors (Lipinski definition) is 9. The minimum atomic E-state index is -3.78. The van der Waals surface area contributed by atoms with E-state index in [1.54, 1.807) is 23.5 Å². The average Bonchev–Trinajstić information content (AvgIpc) is 3.17. The molecule has 3 N–H and O–H groups in total. The third-order valence-corrected chi connectivity index (χ3v) is 7.34. The van der Waals surface area contributed by atoms with Crippen LogP contribution in [0, 0.1) is 0 Å². The molecule has 0 radical (unpaired) electrons. The number of fused-ring (bicyclic) bond motifs is 3. The molecule has 9 nitrogen and oxygen atoms in total. The first kappa shape index (κ1) is 20.5. The number of hydrogen-bond donors (Lipinski definition) is 2. The molecule has 31 heavy (non-hydrogen) atoms. The molecule has 1 aliphatic carbocycles. The Morgan fingerprint density at radius 1 is 1.16 bits per heavy atom. The van der Waals surface area contributed by atoms with Crippen LogP contribution >= 0.6 is 11.3 Å². The van der Waals surface area contributed by atoms with E-state index in [1.807, 2.05) is 6.20 Å². The molecule has 2 aliphatic rings. The van der Waals surface area contributed by atoms with Gasteiger partial charge in [-0.3, -0.25) is 4.90 Å². The maximum atomic E-state index is 11.6. The number of benzene rings is 1. The van der Waals surface area contributed by atoms with Crippen molar-refractivity contribution in [2.24, 2.45) is 5.14 Å². The maximum Gasteiger partial charge on any atom is 0.238 e. The van der Waals surface area contributed by atoms with Gasteiger partial charge in [-0.15, -0.1) is 11.3 Å². The second kappa shape index (κ2) is 8.24. The Morgan fingerprint density at radius 3 is 2.81 bits per heavy atom. The average molecular weight is 459 g/mol. The minimum absolute atomic E-state index is 0.0324. The second-order valence-electron chi connectivity index (χ2n) is 7.53. The van der Waals surface area contributed by atoms with Gasteiger partial charge in [-0.2, -0.15) is 0 Å². The van der Waals surface area contributed by atoms with Crippen LogP contribution in [0.1, 0.15) is 15.4 Å². The highest BCUT2D eigenvalue weighted by Crippen LogP contribution is 2.36. The third kappa shape index (κ3) is 4.46. The number of morpholine rings is 1. The first-order valence-electron chi connectivity index (χ1n) is 10.0. The summed E-state index contributed by atoms with van der Waals surface area (Å²) in [4.78, 5) is 17.7. The van der Waals surface area contributed by atoms with Gasteiger partial charge in [-0.25, -0.2) is 28.5 Å². The first-order chi connectivity index (χ1) is 15.0. The van der Waals surface area contributed by atoms with Gasteiger partial charge in [-0.05, 0) is 36.6 Å². The predicted octanol–water partition coefficient (Wildman–Crippen LogP) is 1.92. The second-order valence-corrected chi connectivity index (χ2v) is 10.3. The van der Waals surface area contributed by atoms with E-state index in [2.05, 4.69) is 15.2 Å². The fourth-order valence-electron chi connectivity index (χ4n) is 3.76. The van der Waals surface area contributed by atoms with E-state index >= 15 is 0 Å². The number of nitrogens with one attached hydrogen (secondary N) is 1. The summed E-state index contributed by atoms with van der Waals surface area (Å²) in [5.41, 5.74) is 3.39. The van der Waals surface area contributed by atoms with E-state index in [9.17, 15) is 8.42 Å². The molecule has 0 saturated carbocycles. The zero-order valence-electron chi connectivity index (χ0n) is 16.7. The summed E-state index contributed by atoms with van der Waals surface area (Å²) >= 11 is 1.75. The van der Waals surface area contributed by atoms with Gasteiger partial charge in [0.25, 0.3) is 0 Å². The number of nitrogens with zero attached hydrogens (tertiary/aromatic N) is 4. The number of rotatable bonds is 5. The Hall–Kier alpha value is -2.44. The van der Waals surface area contributed by atoms with Gasteiger partial charge in [0, 0.05) is 29.9 Å². The highest BCUT2D eigenvalue weighted by molar-refractivity contribution is 7.89. The van der Waals surface area contributed by atoms with Crippen LogP contribution in [0.25, 0.3) is 11.4 Å². The Morgan fingerprint density at radius 2 is 2.00 bits per heavy atom. The summed E-state index contributed by atoms with van der Waals surface area (Å²) in [5, 5.41) is 9.40. The Labute approximate surface area is 184 Å². The zero-order chi connectivity index (χ0) is 21.4. The number of anilines is 2. The molecule has 162 valence electrons. The summed E-state index contributed by atoms with van der Waals surface area (Å²) in [7, 11) is -3.78. The van der Waals surface area contributed by atoms with E-state index in [1.165, 1.54) is 17.0 Å². The van der Waals surface area contributed by atoms with Crippen LogP contribution in [0.5, 0.6) is 0 Å². The Bertz CT molecular complexity index is 1220. The molecule has 0 spiro atoms. The van der Waals surface area contributed by atoms with Crippen molar-refractivity contribution in [1.82, 2.24) is 19.9 Å². The van der Waals surface area contributed by atoms with E-state index < -0.39 is 10.0 Å². The number of primary sulfonamides is 1. The number of aryl methyl sites for hydroxylation is 2. The molecule has 2 aromatic heterocycles. The maximum absolute atomic E-state index is 11.6. The van der Waals surface area contributed by atoms with Crippen LogP contribution in [-0.4, -0.2) is 54.6 Å². The number of thiazole rings is 1. The van der Waals surface area contributed by atoms with Crippen molar-refractivity contribution in [3.8, 4) is 11.4 Å². The van der Waals surface area contributed by atoms with E-state index in [-0.39, 0.29) is 4.90 Å². The van der Waals surface area contributed by atoms with Crippen LogP contribution < -0.4 is 10.5 Å². The van der Waals surface area contributed by atoms with Crippen molar-refractivity contribution in [3.05, 3.63) is 45.9 Å². The van der Waals surface area contributed by atoms with Gasteiger partial charge < -0.3 is 10.1 Å². The van der Waals surface area contributed by atoms with Crippen LogP contribution in [-0.2, 0) is 34.1 Å². The predicted molar refractivity (Wildman–Crippen MR) is 118 cm³/mol. The van der Waals surface area contributed by atoms with E-state index in [4.69, 9.17) is 19.8 Å². The molecule has 1 aliphatic heterocycles. The number of sulfonamides is 1. The molecule has 3 heterocycles. The largest absolute Gasteiger partial charge is 0.379 e. The topological polar surface area (TPSA) is 123 Å². The molecular formula is C20H22N6O3S2. The fourth-order valence-corrected chi connectivity index (χ4v) is 5.43. The van der Waals surface area contributed by atoms with Crippen LogP contribution in [0.4, 0.5) is 11.6 Å². The summed E-state index contributed by atoms with van der Waals surface area (Å²) < 4.78 is 28.7. The SMILES string of the molecule is NS(=O)(=O)c1cccc(Nc2ncc3c(n2)-c2nc(CN4CCOCC4)sc2CC3)c1. The van der Waals surface area contributed by atoms with E-state index in [0.717, 1.165) is 67.6 Å². The fraction of sp³-hybridized carbons (Fsp3) is 0.350. The summed E-state index contributed by atoms with van der Waals surface area (Å²) in [6, 6.07) is 6.28. The Kier molecular flexibility index (Phi) is 5.44. The van der Waals surface area contributed by atoms with Crippen molar-refractivity contribution in [2.75, 3.05) is 31.6 Å². The van der Waals surface area contributed by atoms with Crippen molar-refractivity contribution >= 4 is 33.0 Å².